The molecule has 0 amide bonds. The van der Waals surface area contributed by atoms with Crippen LogP contribution in [0.4, 0.5) is 0 Å². The molecule has 0 aromatic rings. The summed E-state index contributed by atoms with van der Waals surface area (Å²) in [5.41, 5.74) is 0.257. The Morgan fingerprint density at radius 3 is 2.56 bits per heavy atom. The van der Waals surface area contributed by atoms with Gasteiger partial charge in [0.1, 0.15) is 0 Å². The highest BCUT2D eigenvalue weighted by molar-refractivity contribution is 5.02. The van der Waals surface area contributed by atoms with E-state index in [2.05, 4.69) is 26.1 Å². The van der Waals surface area contributed by atoms with Crippen LogP contribution in [0, 0.1) is 5.41 Å². The van der Waals surface area contributed by atoms with Crippen molar-refractivity contribution >= 4 is 0 Å². The Hall–Kier alpha value is -0.160. The predicted molar refractivity (Wildman–Crippen MR) is 72.9 cm³/mol. The van der Waals surface area contributed by atoms with E-state index in [-0.39, 0.29) is 5.41 Å². The molecule has 4 heteroatoms. The molecule has 0 aromatic heterocycles. The van der Waals surface area contributed by atoms with Gasteiger partial charge in [0, 0.05) is 31.8 Å². The van der Waals surface area contributed by atoms with E-state index in [1.807, 2.05) is 0 Å². The molecule has 0 spiro atoms. The maximum absolute atomic E-state index is 5.93. The van der Waals surface area contributed by atoms with Gasteiger partial charge in [0.2, 0.25) is 0 Å². The van der Waals surface area contributed by atoms with E-state index in [1.165, 1.54) is 0 Å². The molecule has 0 radical (unpaired) electrons. The molecule has 1 N–H and O–H groups in total. The van der Waals surface area contributed by atoms with Crippen molar-refractivity contribution in [1.29, 1.82) is 0 Å². The zero-order valence-corrected chi connectivity index (χ0v) is 12.3. The lowest BCUT2D eigenvalue weighted by Gasteiger charge is -2.52. The van der Waals surface area contributed by atoms with Gasteiger partial charge in [-0.2, -0.15) is 0 Å². The van der Waals surface area contributed by atoms with Crippen LogP contribution in [0.2, 0.25) is 0 Å². The quantitative estimate of drug-likeness (QED) is 0.608. The van der Waals surface area contributed by atoms with Gasteiger partial charge >= 0.3 is 0 Å². The van der Waals surface area contributed by atoms with Crippen LogP contribution in [0.15, 0.2) is 0 Å². The molecule has 1 aliphatic carbocycles. The Morgan fingerprint density at radius 2 is 1.94 bits per heavy atom. The molecule has 18 heavy (non-hydrogen) atoms. The maximum atomic E-state index is 5.93. The third kappa shape index (κ3) is 4.50. The van der Waals surface area contributed by atoms with E-state index in [4.69, 9.17) is 14.2 Å². The fraction of sp³-hybridized carbons (Fsp3) is 1.00. The summed E-state index contributed by atoms with van der Waals surface area (Å²) in [4.78, 5) is 0. The Morgan fingerprint density at radius 1 is 1.17 bits per heavy atom. The molecule has 2 atom stereocenters. The van der Waals surface area contributed by atoms with E-state index in [0.717, 1.165) is 32.6 Å². The van der Waals surface area contributed by atoms with E-state index in [1.54, 1.807) is 7.11 Å². The summed E-state index contributed by atoms with van der Waals surface area (Å²) in [5, 5.41) is 3.51. The van der Waals surface area contributed by atoms with Crippen molar-refractivity contribution < 1.29 is 14.2 Å². The molecule has 1 aliphatic rings. The summed E-state index contributed by atoms with van der Waals surface area (Å²) < 4.78 is 16.2. The van der Waals surface area contributed by atoms with E-state index in [0.29, 0.717) is 25.4 Å². The number of nitrogens with one attached hydrogen (secondary N) is 1. The number of ether oxygens (including phenoxy) is 3. The number of hydrogen-bond donors (Lipinski definition) is 1. The predicted octanol–water partition coefficient (Wildman–Crippen LogP) is 1.83. The van der Waals surface area contributed by atoms with Crippen LogP contribution >= 0.6 is 0 Å². The molecular formula is C14H29NO3. The number of rotatable bonds is 10. The zero-order valence-electron chi connectivity index (χ0n) is 12.3. The smallest absolute Gasteiger partial charge is 0.0700 e. The average molecular weight is 259 g/mol. The normalized spacial score (nSPS) is 26.0. The summed E-state index contributed by atoms with van der Waals surface area (Å²) in [6.07, 6.45) is 2.48. The second-order valence-electron chi connectivity index (χ2n) is 5.49. The van der Waals surface area contributed by atoms with Crippen molar-refractivity contribution in [1.82, 2.24) is 5.32 Å². The van der Waals surface area contributed by atoms with Crippen molar-refractivity contribution in [3.05, 3.63) is 0 Å². The SMILES string of the molecule is CCNC1CC(OCCCOCCOC)C1(C)C. The topological polar surface area (TPSA) is 39.7 Å². The van der Waals surface area contributed by atoms with Crippen molar-refractivity contribution in [3.63, 3.8) is 0 Å². The van der Waals surface area contributed by atoms with Gasteiger partial charge in [0.25, 0.3) is 0 Å². The highest BCUT2D eigenvalue weighted by atomic mass is 16.5. The summed E-state index contributed by atoms with van der Waals surface area (Å²) >= 11 is 0. The van der Waals surface area contributed by atoms with Crippen molar-refractivity contribution in [2.45, 2.75) is 45.8 Å². The van der Waals surface area contributed by atoms with Crippen LogP contribution in [0.25, 0.3) is 0 Å². The fourth-order valence-corrected chi connectivity index (χ4v) is 2.39. The van der Waals surface area contributed by atoms with Crippen LogP contribution in [0.3, 0.4) is 0 Å². The minimum Gasteiger partial charge on any atom is -0.382 e. The molecule has 2 unspecified atom stereocenters. The summed E-state index contributed by atoms with van der Waals surface area (Å²) in [5.74, 6) is 0. The Bertz CT molecular complexity index is 221. The van der Waals surface area contributed by atoms with Crippen molar-refractivity contribution in [2.24, 2.45) is 5.41 Å². The molecule has 0 bridgehead atoms. The van der Waals surface area contributed by atoms with Crippen molar-refractivity contribution in [3.8, 4) is 0 Å². The van der Waals surface area contributed by atoms with Gasteiger partial charge in [-0.3, -0.25) is 0 Å². The second-order valence-corrected chi connectivity index (χ2v) is 5.49. The zero-order chi connectivity index (χ0) is 13.4. The summed E-state index contributed by atoms with van der Waals surface area (Å²) in [6.45, 7) is 10.6. The minimum absolute atomic E-state index is 0.257. The Balaban J connectivity index is 2.00. The van der Waals surface area contributed by atoms with Crippen LogP contribution in [-0.2, 0) is 14.2 Å². The fourth-order valence-electron chi connectivity index (χ4n) is 2.39. The lowest BCUT2D eigenvalue weighted by atomic mass is 9.64. The van der Waals surface area contributed by atoms with Crippen LogP contribution in [-0.4, -0.2) is 52.2 Å². The summed E-state index contributed by atoms with van der Waals surface area (Å²) in [7, 11) is 1.69. The van der Waals surface area contributed by atoms with E-state index in [9.17, 15) is 0 Å². The first kappa shape index (κ1) is 15.9. The van der Waals surface area contributed by atoms with Crippen LogP contribution in [0.1, 0.15) is 33.6 Å². The van der Waals surface area contributed by atoms with Gasteiger partial charge in [0.05, 0.1) is 19.3 Å². The Kier molecular flexibility index (Phi) is 7.15. The lowest BCUT2D eigenvalue weighted by Crippen LogP contribution is -2.60. The molecule has 108 valence electrons. The van der Waals surface area contributed by atoms with Gasteiger partial charge in [-0.15, -0.1) is 0 Å². The first-order chi connectivity index (χ1) is 8.62. The molecule has 0 aromatic carbocycles. The monoisotopic (exact) mass is 259 g/mol. The third-order valence-electron chi connectivity index (χ3n) is 3.81. The first-order valence-electron chi connectivity index (χ1n) is 7.04. The van der Waals surface area contributed by atoms with Crippen LogP contribution < -0.4 is 5.32 Å². The molecule has 4 nitrogen and oxygen atoms in total. The second kappa shape index (κ2) is 8.10. The molecule has 1 fully saturated rings. The molecule has 0 heterocycles. The molecule has 0 aliphatic heterocycles. The van der Waals surface area contributed by atoms with Gasteiger partial charge in [-0.1, -0.05) is 20.8 Å². The largest absolute Gasteiger partial charge is 0.382 e. The van der Waals surface area contributed by atoms with E-state index >= 15 is 0 Å². The summed E-state index contributed by atoms with van der Waals surface area (Å²) in [6, 6.07) is 0.602. The molecule has 1 rings (SSSR count). The minimum atomic E-state index is 0.257. The maximum Gasteiger partial charge on any atom is 0.0700 e. The van der Waals surface area contributed by atoms with Crippen molar-refractivity contribution in [2.75, 3.05) is 40.1 Å². The number of hydrogen-bond acceptors (Lipinski definition) is 4. The third-order valence-corrected chi connectivity index (χ3v) is 3.81. The highest BCUT2D eigenvalue weighted by Gasteiger charge is 2.48. The van der Waals surface area contributed by atoms with Crippen LogP contribution in [0.5, 0.6) is 0 Å². The molecule has 0 saturated heterocycles. The standard InChI is InChI=1S/C14H29NO3/c1-5-15-12-11-13(14(12,2)3)18-8-6-7-17-10-9-16-4/h12-13,15H,5-11H2,1-4H3. The lowest BCUT2D eigenvalue weighted by molar-refractivity contribution is -0.120. The van der Waals surface area contributed by atoms with E-state index < -0.39 is 0 Å². The average Bonchev–Trinajstić information content (AvgIpc) is 2.35. The first-order valence-corrected chi connectivity index (χ1v) is 7.04. The molecule has 1 saturated carbocycles. The van der Waals surface area contributed by atoms with Gasteiger partial charge in [0.15, 0.2) is 0 Å². The van der Waals surface area contributed by atoms with Gasteiger partial charge < -0.3 is 19.5 Å². The van der Waals surface area contributed by atoms with Gasteiger partial charge in [-0.25, -0.2) is 0 Å². The molecular weight excluding hydrogens is 230 g/mol. The number of methoxy groups -OCH3 is 1. The Labute approximate surface area is 111 Å². The highest BCUT2D eigenvalue weighted by Crippen LogP contribution is 2.42. The van der Waals surface area contributed by atoms with Gasteiger partial charge in [-0.05, 0) is 19.4 Å².